The summed E-state index contributed by atoms with van der Waals surface area (Å²) in [6.07, 6.45) is 1.23. The Labute approximate surface area is 199 Å². The lowest BCUT2D eigenvalue weighted by molar-refractivity contribution is 0.00449. The van der Waals surface area contributed by atoms with E-state index in [0.717, 1.165) is 5.56 Å². The summed E-state index contributed by atoms with van der Waals surface area (Å²) in [7, 11) is 1.20. The summed E-state index contributed by atoms with van der Waals surface area (Å²) >= 11 is 0. The van der Waals surface area contributed by atoms with Crippen LogP contribution in [0, 0.1) is 0 Å². The van der Waals surface area contributed by atoms with Crippen LogP contribution < -0.4 is 4.74 Å². The highest BCUT2D eigenvalue weighted by atomic mass is 16.7. The van der Waals surface area contributed by atoms with Gasteiger partial charge in [0.15, 0.2) is 6.79 Å². The van der Waals surface area contributed by atoms with E-state index < -0.39 is 22.8 Å². The number of carbonyl (C=O) groups is 1. The molecule has 0 atom stereocenters. The Bertz CT molecular complexity index is 796. The molecule has 7 nitrogen and oxygen atoms in total. The van der Waals surface area contributed by atoms with Crippen LogP contribution in [0.4, 0.5) is 0 Å². The summed E-state index contributed by atoms with van der Waals surface area (Å²) in [6.45, 7) is 17.8. The predicted octanol–water partition coefficient (Wildman–Crippen LogP) is 5.18. The van der Waals surface area contributed by atoms with Gasteiger partial charge in [0.25, 0.3) is 0 Å². The molecule has 0 aromatic heterocycles. The van der Waals surface area contributed by atoms with Crippen LogP contribution in [0.25, 0.3) is 0 Å². The lowest BCUT2D eigenvalue weighted by atomic mass is 9.81. The normalized spacial score (nSPS) is 17.5. The van der Waals surface area contributed by atoms with E-state index >= 15 is 0 Å². The molecule has 0 N–H and O–H groups in total. The van der Waals surface area contributed by atoms with Crippen LogP contribution in [0.5, 0.6) is 5.75 Å². The van der Waals surface area contributed by atoms with E-state index in [1.165, 1.54) is 0 Å². The highest BCUT2D eigenvalue weighted by Gasteiger charge is 2.50. The van der Waals surface area contributed by atoms with Gasteiger partial charge in [0.2, 0.25) is 0 Å². The van der Waals surface area contributed by atoms with Gasteiger partial charge in [-0.3, -0.25) is 0 Å². The van der Waals surface area contributed by atoms with Gasteiger partial charge < -0.3 is 28.3 Å². The lowest BCUT2D eigenvalue weighted by Gasteiger charge is -2.32. The van der Waals surface area contributed by atoms with E-state index in [1.807, 2.05) is 74.4 Å². The van der Waals surface area contributed by atoms with Crippen LogP contribution in [0.3, 0.4) is 0 Å². The Morgan fingerprint density at radius 2 is 1.64 bits per heavy atom. The number of hydrogen-bond donors (Lipinski definition) is 0. The maximum absolute atomic E-state index is 13.2. The first kappa shape index (κ1) is 27.6. The van der Waals surface area contributed by atoms with E-state index in [1.54, 1.807) is 7.11 Å². The van der Waals surface area contributed by atoms with E-state index in [4.69, 9.17) is 28.3 Å². The second-order valence-electron chi connectivity index (χ2n) is 10.7. The van der Waals surface area contributed by atoms with E-state index in [0.29, 0.717) is 29.6 Å². The third kappa shape index (κ3) is 7.44. The third-order valence-corrected chi connectivity index (χ3v) is 5.77. The molecule has 0 radical (unpaired) electrons. The highest BCUT2D eigenvalue weighted by Crippen LogP contribution is 2.39. The Balaban J connectivity index is 2.39. The van der Waals surface area contributed by atoms with Crippen molar-refractivity contribution >= 4 is 13.1 Å². The highest BCUT2D eigenvalue weighted by molar-refractivity contribution is 6.45. The van der Waals surface area contributed by atoms with Gasteiger partial charge in [0, 0.05) is 7.11 Å². The maximum atomic E-state index is 13.2. The van der Waals surface area contributed by atoms with Crippen molar-refractivity contribution in [2.45, 2.75) is 105 Å². The van der Waals surface area contributed by atoms with Gasteiger partial charge in [0.1, 0.15) is 16.9 Å². The molecule has 1 saturated heterocycles. The first-order chi connectivity index (χ1) is 15.2. The minimum atomic E-state index is -0.648. The second-order valence-corrected chi connectivity index (χ2v) is 10.7. The molecular weight excluding hydrogens is 423 g/mol. The van der Waals surface area contributed by atoms with Gasteiger partial charge >= 0.3 is 13.1 Å². The second kappa shape index (κ2) is 10.8. The fraction of sp³-hybridized carbons (Fsp3) is 0.720. The van der Waals surface area contributed by atoms with Gasteiger partial charge in [0.05, 0.1) is 23.9 Å². The monoisotopic (exact) mass is 464 g/mol. The van der Waals surface area contributed by atoms with E-state index in [2.05, 4.69) is 0 Å². The summed E-state index contributed by atoms with van der Waals surface area (Å²) in [5.74, 6) is 0.000848. The molecule has 0 unspecified atom stereocenters. The quantitative estimate of drug-likeness (QED) is 0.268. The summed E-state index contributed by atoms with van der Waals surface area (Å²) in [6, 6.07) is 3.87. The average molecular weight is 464 g/mol. The van der Waals surface area contributed by atoms with Crippen molar-refractivity contribution in [2.24, 2.45) is 0 Å². The van der Waals surface area contributed by atoms with Crippen molar-refractivity contribution in [1.29, 1.82) is 0 Å². The molecule has 1 heterocycles. The zero-order chi connectivity index (χ0) is 25.0. The van der Waals surface area contributed by atoms with Crippen LogP contribution in [-0.4, -0.2) is 49.9 Å². The number of aryl methyl sites for hydroxylation is 1. The smallest absolute Gasteiger partial charge is 0.458 e. The standard InChI is InChI=1S/C25H41BO7/c1-17(2)29-15-19-12-11-18(13-14-26-32-24(6,7)25(8,9)33-26)21(30-16-28-10)20(19)22(27)31-23(3,4)5/h11-12,17H,13-16H2,1-10H3. The molecule has 1 aromatic carbocycles. The van der Waals surface area contributed by atoms with Gasteiger partial charge in [-0.2, -0.15) is 0 Å². The summed E-state index contributed by atoms with van der Waals surface area (Å²) in [4.78, 5) is 13.2. The van der Waals surface area contributed by atoms with Crippen molar-refractivity contribution in [3.63, 3.8) is 0 Å². The van der Waals surface area contributed by atoms with Crippen LogP contribution in [0.15, 0.2) is 12.1 Å². The number of hydrogen-bond acceptors (Lipinski definition) is 7. The minimum absolute atomic E-state index is 0.00772. The topological polar surface area (TPSA) is 72.5 Å². The van der Waals surface area contributed by atoms with Crippen molar-refractivity contribution in [3.05, 3.63) is 28.8 Å². The molecule has 1 fully saturated rings. The van der Waals surface area contributed by atoms with Crippen LogP contribution in [-0.2, 0) is 36.5 Å². The van der Waals surface area contributed by atoms with Crippen molar-refractivity contribution in [2.75, 3.05) is 13.9 Å². The van der Waals surface area contributed by atoms with Crippen LogP contribution >= 0.6 is 0 Å². The Kier molecular flexibility index (Phi) is 9.02. The molecule has 1 aromatic rings. The average Bonchev–Trinajstić information content (AvgIpc) is 2.88. The predicted molar refractivity (Wildman–Crippen MR) is 129 cm³/mol. The van der Waals surface area contributed by atoms with E-state index in [9.17, 15) is 4.79 Å². The van der Waals surface area contributed by atoms with E-state index in [-0.39, 0.29) is 26.6 Å². The number of benzene rings is 1. The number of methoxy groups -OCH3 is 1. The SMILES string of the molecule is COCOc1c(CCB2OC(C)(C)C(C)(C)O2)ccc(COC(C)C)c1C(=O)OC(C)(C)C. The molecular formula is C25H41BO7. The number of rotatable bonds is 10. The Hall–Kier alpha value is -1.61. The first-order valence-electron chi connectivity index (χ1n) is 11.6. The minimum Gasteiger partial charge on any atom is -0.466 e. The van der Waals surface area contributed by atoms with Crippen LogP contribution in [0.2, 0.25) is 6.32 Å². The van der Waals surface area contributed by atoms with Gasteiger partial charge in [-0.25, -0.2) is 4.79 Å². The van der Waals surface area contributed by atoms with Gasteiger partial charge in [-0.1, -0.05) is 12.1 Å². The Morgan fingerprint density at radius 3 is 2.15 bits per heavy atom. The molecule has 8 heteroatoms. The number of ether oxygens (including phenoxy) is 4. The lowest BCUT2D eigenvalue weighted by Crippen LogP contribution is -2.41. The molecule has 2 rings (SSSR count). The first-order valence-corrected chi connectivity index (χ1v) is 11.6. The van der Waals surface area contributed by atoms with Gasteiger partial charge in [-0.15, -0.1) is 0 Å². The van der Waals surface area contributed by atoms with Crippen molar-refractivity contribution < 1.29 is 33.1 Å². The molecule has 0 spiro atoms. The molecule has 0 amide bonds. The van der Waals surface area contributed by atoms with Crippen LogP contribution in [0.1, 0.15) is 83.8 Å². The molecule has 0 saturated carbocycles. The maximum Gasteiger partial charge on any atom is 0.458 e. The number of carbonyl (C=O) groups excluding carboxylic acids is 1. The third-order valence-electron chi connectivity index (χ3n) is 5.77. The molecule has 0 aliphatic carbocycles. The molecule has 1 aliphatic rings. The summed E-state index contributed by atoms with van der Waals surface area (Å²) in [5, 5.41) is 0. The fourth-order valence-corrected chi connectivity index (χ4v) is 3.43. The molecule has 186 valence electrons. The van der Waals surface area contributed by atoms with Crippen molar-refractivity contribution in [3.8, 4) is 5.75 Å². The molecule has 0 bridgehead atoms. The largest absolute Gasteiger partial charge is 0.466 e. The molecule has 1 aliphatic heterocycles. The zero-order valence-electron chi connectivity index (χ0n) is 22.0. The summed E-state index contributed by atoms with van der Waals surface area (Å²) in [5.41, 5.74) is 0.498. The zero-order valence-corrected chi connectivity index (χ0v) is 22.0. The fourth-order valence-electron chi connectivity index (χ4n) is 3.43. The Morgan fingerprint density at radius 1 is 1.06 bits per heavy atom. The van der Waals surface area contributed by atoms with Gasteiger partial charge in [-0.05, 0) is 86.2 Å². The van der Waals surface area contributed by atoms with Crippen molar-refractivity contribution in [1.82, 2.24) is 0 Å². The summed E-state index contributed by atoms with van der Waals surface area (Å²) < 4.78 is 34.9. The molecule has 33 heavy (non-hydrogen) atoms. The number of esters is 1.